The molecular weight excluding hydrogens is 418 g/mol. The van der Waals surface area contributed by atoms with E-state index in [0.29, 0.717) is 47.0 Å². The first-order valence-electron chi connectivity index (χ1n) is 9.68. The van der Waals surface area contributed by atoms with E-state index in [1.54, 1.807) is 17.0 Å². The first kappa shape index (κ1) is 22.5. The average Bonchev–Trinajstić information content (AvgIpc) is 3.29. The largest absolute Gasteiger partial charge is 0.493 e. The maximum Gasteiger partial charge on any atom is 0.277 e. The minimum atomic E-state index is 0.00360. The molecule has 0 aliphatic heterocycles. The van der Waals surface area contributed by atoms with Gasteiger partial charge in [0, 0.05) is 18.7 Å². The standard InChI is InChI=1S/C22H25N3O5S/c1-5-25(13-15-9-7-6-8-10-15)19(26)14-31-22-24-23-21(30-22)16-11-17(27-2)20(29-4)18(12-16)28-3/h6-12H,5,13-14H2,1-4H3. The summed E-state index contributed by atoms with van der Waals surface area (Å²) in [4.78, 5) is 14.4. The fraction of sp³-hybridized carbons (Fsp3) is 0.318. The van der Waals surface area contributed by atoms with Crippen LogP contribution in [-0.4, -0.2) is 54.6 Å². The van der Waals surface area contributed by atoms with Crippen molar-refractivity contribution in [2.75, 3.05) is 33.6 Å². The lowest BCUT2D eigenvalue weighted by Gasteiger charge is -2.20. The fourth-order valence-electron chi connectivity index (χ4n) is 2.98. The summed E-state index contributed by atoms with van der Waals surface area (Å²) < 4.78 is 21.8. The second-order valence-electron chi connectivity index (χ2n) is 6.47. The van der Waals surface area contributed by atoms with Crippen LogP contribution in [0.4, 0.5) is 0 Å². The number of carbonyl (C=O) groups excluding carboxylic acids is 1. The molecule has 9 heteroatoms. The molecule has 8 nitrogen and oxygen atoms in total. The van der Waals surface area contributed by atoms with E-state index in [9.17, 15) is 4.79 Å². The topological polar surface area (TPSA) is 86.9 Å². The Morgan fingerprint density at radius 3 is 2.29 bits per heavy atom. The third-order valence-electron chi connectivity index (χ3n) is 4.59. The molecule has 0 atom stereocenters. The third kappa shape index (κ3) is 5.49. The molecule has 0 fully saturated rings. The van der Waals surface area contributed by atoms with E-state index in [0.717, 1.165) is 5.56 Å². The summed E-state index contributed by atoms with van der Waals surface area (Å²) in [6.07, 6.45) is 0. The maximum absolute atomic E-state index is 12.6. The van der Waals surface area contributed by atoms with Gasteiger partial charge in [-0.05, 0) is 24.6 Å². The first-order chi connectivity index (χ1) is 15.1. The van der Waals surface area contributed by atoms with E-state index in [4.69, 9.17) is 18.6 Å². The van der Waals surface area contributed by atoms with Crippen LogP contribution < -0.4 is 14.2 Å². The Hall–Kier alpha value is -3.20. The van der Waals surface area contributed by atoms with E-state index >= 15 is 0 Å². The average molecular weight is 444 g/mol. The Balaban J connectivity index is 1.68. The van der Waals surface area contributed by atoms with Crippen LogP contribution in [-0.2, 0) is 11.3 Å². The van der Waals surface area contributed by atoms with Gasteiger partial charge >= 0.3 is 0 Å². The van der Waals surface area contributed by atoms with Crippen LogP contribution in [0.5, 0.6) is 17.2 Å². The smallest absolute Gasteiger partial charge is 0.277 e. The Bertz CT molecular complexity index is 984. The minimum Gasteiger partial charge on any atom is -0.493 e. The van der Waals surface area contributed by atoms with Crippen molar-refractivity contribution in [2.45, 2.75) is 18.7 Å². The summed E-state index contributed by atoms with van der Waals surface area (Å²) in [5.74, 6) is 1.96. The Labute approximate surface area is 185 Å². The van der Waals surface area contributed by atoms with Crippen molar-refractivity contribution in [2.24, 2.45) is 0 Å². The number of carbonyl (C=O) groups is 1. The first-order valence-corrected chi connectivity index (χ1v) is 10.7. The van der Waals surface area contributed by atoms with Gasteiger partial charge in [-0.25, -0.2) is 0 Å². The molecule has 0 N–H and O–H groups in total. The van der Waals surface area contributed by atoms with Gasteiger partial charge in [0.2, 0.25) is 17.5 Å². The zero-order chi connectivity index (χ0) is 22.2. The molecule has 0 saturated heterocycles. The highest BCUT2D eigenvalue weighted by Crippen LogP contribution is 2.41. The van der Waals surface area contributed by atoms with Crippen molar-refractivity contribution >= 4 is 17.7 Å². The highest BCUT2D eigenvalue weighted by molar-refractivity contribution is 7.99. The van der Waals surface area contributed by atoms with Crippen LogP contribution in [0.2, 0.25) is 0 Å². The van der Waals surface area contributed by atoms with Crippen molar-refractivity contribution in [3.05, 3.63) is 48.0 Å². The van der Waals surface area contributed by atoms with Crippen molar-refractivity contribution in [1.29, 1.82) is 0 Å². The molecule has 31 heavy (non-hydrogen) atoms. The Morgan fingerprint density at radius 1 is 1.03 bits per heavy atom. The molecule has 0 aliphatic carbocycles. The van der Waals surface area contributed by atoms with Crippen LogP contribution in [0.3, 0.4) is 0 Å². The van der Waals surface area contributed by atoms with Crippen LogP contribution in [0.25, 0.3) is 11.5 Å². The predicted octanol–water partition coefficient (Wildman–Crippen LogP) is 3.90. The second-order valence-corrected chi connectivity index (χ2v) is 7.40. The van der Waals surface area contributed by atoms with Gasteiger partial charge < -0.3 is 23.5 Å². The molecular formula is C22H25N3O5S. The molecule has 1 aromatic heterocycles. The third-order valence-corrected chi connectivity index (χ3v) is 5.39. The highest BCUT2D eigenvalue weighted by atomic mass is 32.2. The van der Waals surface area contributed by atoms with Gasteiger partial charge in [-0.1, -0.05) is 42.1 Å². The molecule has 3 rings (SSSR count). The number of rotatable bonds is 10. The molecule has 0 radical (unpaired) electrons. The van der Waals surface area contributed by atoms with Gasteiger partial charge in [-0.3, -0.25) is 4.79 Å². The molecule has 0 saturated carbocycles. The summed E-state index contributed by atoms with van der Waals surface area (Å²) in [6, 6.07) is 13.4. The Morgan fingerprint density at radius 2 is 1.71 bits per heavy atom. The minimum absolute atomic E-state index is 0.00360. The van der Waals surface area contributed by atoms with Crippen molar-refractivity contribution < 1.29 is 23.4 Å². The van der Waals surface area contributed by atoms with Crippen molar-refractivity contribution in [1.82, 2.24) is 15.1 Å². The number of methoxy groups -OCH3 is 3. The highest BCUT2D eigenvalue weighted by Gasteiger charge is 2.19. The zero-order valence-electron chi connectivity index (χ0n) is 18.0. The summed E-state index contributed by atoms with van der Waals surface area (Å²) in [5, 5.41) is 8.45. The number of ether oxygens (including phenoxy) is 3. The van der Waals surface area contributed by atoms with Crippen LogP contribution in [0.15, 0.2) is 52.1 Å². The van der Waals surface area contributed by atoms with Gasteiger partial charge in [0.25, 0.3) is 5.22 Å². The SMILES string of the molecule is CCN(Cc1ccccc1)C(=O)CSc1nnc(-c2cc(OC)c(OC)c(OC)c2)o1. The molecule has 0 bridgehead atoms. The number of nitrogens with zero attached hydrogens (tertiary/aromatic N) is 3. The van der Waals surface area contributed by atoms with E-state index in [-0.39, 0.29) is 11.7 Å². The molecule has 1 amide bonds. The van der Waals surface area contributed by atoms with E-state index in [1.807, 2.05) is 37.3 Å². The number of hydrogen-bond donors (Lipinski definition) is 0. The summed E-state index contributed by atoms with van der Waals surface area (Å²) in [7, 11) is 4.61. The maximum atomic E-state index is 12.6. The molecule has 0 unspecified atom stereocenters. The summed E-state index contributed by atoms with van der Waals surface area (Å²) in [6.45, 7) is 3.15. The lowest BCUT2D eigenvalue weighted by atomic mass is 10.2. The molecule has 0 aliphatic rings. The molecule has 1 heterocycles. The van der Waals surface area contributed by atoms with Gasteiger partial charge in [0.05, 0.1) is 27.1 Å². The number of hydrogen-bond acceptors (Lipinski definition) is 8. The van der Waals surface area contributed by atoms with Crippen molar-refractivity contribution in [3.63, 3.8) is 0 Å². The van der Waals surface area contributed by atoms with Gasteiger partial charge in [0.15, 0.2) is 11.5 Å². The van der Waals surface area contributed by atoms with Crippen LogP contribution >= 0.6 is 11.8 Å². The van der Waals surface area contributed by atoms with Gasteiger partial charge in [-0.2, -0.15) is 0 Å². The summed E-state index contributed by atoms with van der Waals surface area (Å²) >= 11 is 1.21. The number of benzene rings is 2. The predicted molar refractivity (Wildman–Crippen MR) is 118 cm³/mol. The molecule has 3 aromatic rings. The lowest BCUT2D eigenvalue weighted by molar-refractivity contribution is -0.128. The number of aromatic nitrogens is 2. The zero-order valence-corrected chi connectivity index (χ0v) is 18.8. The normalized spacial score (nSPS) is 10.6. The number of amides is 1. The molecule has 2 aromatic carbocycles. The quantitative estimate of drug-likeness (QED) is 0.436. The van der Waals surface area contributed by atoms with Crippen molar-refractivity contribution in [3.8, 4) is 28.7 Å². The molecule has 0 spiro atoms. The Kier molecular flexibility index (Phi) is 7.77. The van der Waals surface area contributed by atoms with Gasteiger partial charge in [-0.15, -0.1) is 10.2 Å². The van der Waals surface area contributed by atoms with Crippen LogP contribution in [0.1, 0.15) is 12.5 Å². The van der Waals surface area contributed by atoms with E-state index < -0.39 is 0 Å². The van der Waals surface area contributed by atoms with E-state index in [2.05, 4.69) is 10.2 Å². The fourth-order valence-corrected chi connectivity index (χ4v) is 3.65. The lowest BCUT2D eigenvalue weighted by Crippen LogP contribution is -2.31. The number of thioether (sulfide) groups is 1. The monoisotopic (exact) mass is 443 g/mol. The van der Waals surface area contributed by atoms with Gasteiger partial charge in [0.1, 0.15) is 0 Å². The van der Waals surface area contributed by atoms with E-state index in [1.165, 1.54) is 33.1 Å². The molecule has 164 valence electrons. The second kappa shape index (κ2) is 10.7. The summed E-state index contributed by atoms with van der Waals surface area (Å²) in [5.41, 5.74) is 1.71. The van der Waals surface area contributed by atoms with Crippen LogP contribution in [0, 0.1) is 0 Å².